The Labute approximate surface area is 369 Å². The normalized spacial score (nSPS) is 27.6. The molecule has 0 aliphatic carbocycles. The molecule has 4 heterocycles. The predicted molar refractivity (Wildman–Crippen MR) is 234 cm³/mol. The number of ether oxygens (including phenoxy) is 2. The largest absolute Gasteiger partial charge is 0.458 e. The van der Waals surface area contributed by atoms with Crippen LogP contribution in [0.5, 0.6) is 0 Å². The van der Waals surface area contributed by atoms with E-state index in [1.165, 1.54) is 21.6 Å². The van der Waals surface area contributed by atoms with E-state index < -0.39 is 90.0 Å². The molecule has 6 rings (SSSR count). The van der Waals surface area contributed by atoms with E-state index >= 15 is 4.79 Å². The van der Waals surface area contributed by atoms with Crippen molar-refractivity contribution >= 4 is 47.2 Å². The monoisotopic (exact) mass is 872 g/mol. The summed E-state index contributed by atoms with van der Waals surface area (Å²) in [5, 5.41) is 11.2. The van der Waals surface area contributed by atoms with E-state index in [4.69, 9.17) is 9.47 Å². The van der Waals surface area contributed by atoms with Crippen molar-refractivity contribution in [2.24, 2.45) is 5.92 Å². The van der Waals surface area contributed by atoms with Gasteiger partial charge in [0.1, 0.15) is 42.4 Å². The van der Waals surface area contributed by atoms with Gasteiger partial charge in [-0.05, 0) is 91.1 Å². The minimum atomic E-state index is -1.55. The number of cyclic esters (lactones) is 1. The lowest BCUT2D eigenvalue weighted by Crippen LogP contribution is -2.63. The Balaban J connectivity index is 1.37. The van der Waals surface area contributed by atoms with E-state index in [9.17, 15) is 28.8 Å². The van der Waals surface area contributed by atoms with Crippen molar-refractivity contribution in [1.82, 2.24) is 35.6 Å². The van der Waals surface area contributed by atoms with Crippen LogP contribution in [-0.4, -0.2) is 156 Å². The summed E-state index contributed by atoms with van der Waals surface area (Å²) in [6.07, 6.45) is 0.259. The number of nitrogens with one attached hydrogen (secondary N) is 4. The number of amides is 7. The average Bonchev–Trinajstić information content (AvgIpc) is 3.85. The topological polar surface area (TPSA) is 199 Å². The Bertz CT molecular complexity index is 2010. The highest BCUT2D eigenvalue weighted by atomic mass is 16.5. The van der Waals surface area contributed by atoms with Gasteiger partial charge in [-0.25, -0.2) is 9.59 Å². The number of carbonyl (C=O) groups is 7. The molecule has 0 saturated carbocycles. The molecule has 4 aliphatic heterocycles. The molecule has 63 heavy (non-hydrogen) atoms. The Kier molecular flexibility index (Phi) is 15.5. The first kappa shape index (κ1) is 46.9. The summed E-state index contributed by atoms with van der Waals surface area (Å²) in [5.41, 5.74) is 3.18. The van der Waals surface area contributed by atoms with Crippen LogP contribution in [0.1, 0.15) is 69.6 Å². The van der Waals surface area contributed by atoms with Crippen LogP contribution in [0.4, 0.5) is 10.5 Å². The van der Waals surface area contributed by atoms with Gasteiger partial charge in [0.15, 0.2) is 0 Å². The molecule has 4 fully saturated rings. The number of carbonyl (C=O) groups excluding carboxylic acids is 7. The highest BCUT2D eigenvalue weighted by Crippen LogP contribution is 2.30. The summed E-state index contributed by atoms with van der Waals surface area (Å²) >= 11 is 0. The molecule has 17 nitrogen and oxygen atoms in total. The molecular formula is C46H64N8O9. The number of fused-ring (bicyclic) bond motifs is 3. The van der Waals surface area contributed by atoms with Crippen molar-refractivity contribution in [3.05, 3.63) is 65.2 Å². The molecule has 2 aromatic rings. The van der Waals surface area contributed by atoms with Crippen LogP contribution < -0.4 is 21.3 Å². The van der Waals surface area contributed by atoms with Gasteiger partial charge in [0.25, 0.3) is 0 Å². The van der Waals surface area contributed by atoms with E-state index in [0.717, 1.165) is 16.7 Å². The highest BCUT2D eigenvalue weighted by Gasteiger charge is 2.49. The van der Waals surface area contributed by atoms with Crippen molar-refractivity contribution in [1.29, 1.82) is 0 Å². The molecule has 0 radical (unpaired) electrons. The van der Waals surface area contributed by atoms with Crippen LogP contribution in [0.15, 0.2) is 48.5 Å². The van der Waals surface area contributed by atoms with E-state index in [-0.39, 0.29) is 44.8 Å². The zero-order valence-electron chi connectivity index (χ0n) is 37.6. The zero-order chi connectivity index (χ0) is 45.5. The SMILES string of the molecule is Cc1ccc(NC(=O)N[C@@H](Cc2cccc(C)c2)C(=O)N[C@@H]2C(=O)N3C[C@H](OCCN(C)C)C[C@H]3C(=O)N3CCCC[C@H]3C(=O)N[C@@H](C)C(=O)N3C[C@H](C)C[C@H]3C(=O)O[C@H]2C)cc1. The van der Waals surface area contributed by atoms with Gasteiger partial charge in [-0.1, -0.05) is 54.4 Å². The number of nitrogens with zero attached hydrogens (tertiary/aromatic N) is 4. The Morgan fingerprint density at radius 2 is 1.59 bits per heavy atom. The fourth-order valence-corrected chi connectivity index (χ4v) is 8.98. The van der Waals surface area contributed by atoms with Crippen molar-refractivity contribution in [2.45, 2.75) is 122 Å². The van der Waals surface area contributed by atoms with E-state index in [2.05, 4.69) is 21.3 Å². The lowest BCUT2D eigenvalue weighted by Gasteiger charge is -2.39. The van der Waals surface area contributed by atoms with Crippen LogP contribution in [0.3, 0.4) is 0 Å². The third-order valence-electron chi connectivity index (χ3n) is 12.4. The van der Waals surface area contributed by atoms with Gasteiger partial charge in [0.05, 0.1) is 12.7 Å². The van der Waals surface area contributed by atoms with Gasteiger partial charge in [-0.3, -0.25) is 24.0 Å². The van der Waals surface area contributed by atoms with Crippen LogP contribution >= 0.6 is 0 Å². The summed E-state index contributed by atoms with van der Waals surface area (Å²) in [5.74, 6) is -3.72. The molecule has 4 aliphatic rings. The summed E-state index contributed by atoms with van der Waals surface area (Å²) < 4.78 is 12.3. The standard InChI is InChI=1S/C46H64N8O9/c1-27-14-16-33(17-15-27)48-46(61)49-35(23-32-12-10-11-28(2)21-32)40(55)50-39-31(5)63-45(60)38-22-29(3)25-53(38)42(57)30(4)47-41(56)36-13-8-9-18-52(36)43(58)37-24-34(26-54(37)44(39)59)62-20-19-51(6)7/h10-12,14-17,21,29-31,34-39H,8-9,13,18-20,22-26H2,1-7H3,(H,47,56)(H,50,55)(H2,48,49,61)/t29-,30+,31+,34-,35+,36+,37+,38+,39+/m1/s1. The minimum absolute atomic E-state index is 0.0101. The van der Waals surface area contributed by atoms with Gasteiger partial charge in [-0.2, -0.15) is 0 Å². The second-order valence-corrected chi connectivity index (χ2v) is 18.0. The third kappa shape index (κ3) is 11.7. The van der Waals surface area contributed by atoms with E-state index in [0.29, 0.717) is 38.1 Å². The van der Waals surface area contributed by atoms with Crippen LogP contribution in [0, 0.1) is 19.8 Å². The fraction of sp³-hybridized carbons (Fsp3) is 0.587. The van der Waals surface area contributed by atoms with Crippen LogP contribution in [-0.2, 0) is 44.7 Å². The lowest BCUT2D eigenvalue weighted by atomic mass is 9.98. The summed E-state index contributed by atoms with van der Waals surface area (Å²) in [6, 6.07) is 7.21. The van der Waals surface area contributed by atoms with Crippen molar-refractivity contribution in [2.75, 3.05) is 52.2 Å². The highest BCUT2D eigenvalue weighted by molar-refractivity contribution is 5.99. The van der Waals surface area contributed by atoms with Gasteiger partial charge < -0.3 is 50.3 Å². The number of aryl methyl sites for hydroxylation is 2. The number of esters is 1. The number of piperidine rings is 1. The first-order valence-electron chi connectivity index (χ1n) is 22.2. The number of benzene rings is 2. The van der Waals surface area contributed by atoms with Crippen LogP contribution in [0.25, 0.3) is 0 Å². The molecule has 17 heteroatoms. The predicted octanol–water partition coefficient (Wildman–Crippen LogP) is 2.14. The number of anilines is 1. The summed E-state index contributed by atoms with van der Waals surface area (Å²) in [6.45, 7) is 10.2. The molecule has 7 amide bonds. The average molecular weight is 873 g/mol. The Hall–Kier alpha value is -5.55. The Morgan fingerprint density at radius 3 is 2.30 bits per heavy atom. The maximum atomic E-state index is 15.2. The van der Waals surface area contributed by atoms with Gasteiger partial charge in [0, 0.05) is 44.7 Å². The number of urea groups is 1. The molecule has 4 saturated heterocycles. The number of rotatable bonds is 10. The van der Waals surface area contributed by atoms with Gasteiger partial charge in [0.2, 0.25) is 29.5 Å². The number of hydrogen-bond acceptors (Lipinski definition) is 10. The molecule has 2 aromatic carbocycles. The van der Waals surface area contributed by atoms with E-state index in [1.54, 1.807) is 19.1 Å². The zero-order valence-corrected chi connectivity index (χ0v) is 37.6. The molecule has 0 spiro atoms. The molecule has 0 aromatic heterocycles. The maximum Gasteiger partial charge on any atom is 0.329 e. The molecule has 342 valence electrons. The smallest absolute Gasteiger partial charge is 0.329 e. The summed E-state index contributed by atoms with van der Waals surface area (Å²) in [7, 11) is 3.81. The first-order chi connectivity index (χ1) is 30.0. The van der Waals surface area contributed by atoms with Crippen molar-refractivity contribution in [3.8, 4) is 0 Å². The van der Waals surface area contributed by atoms with Crippen molar-refractivity contribution in [3.63, 3.8) is 0 Å². The molecule has 0 bridgehead atoms. The van der Waals surface area contributed by atoms with Crippen LogP contribution in [0.2, 0.25) is 0 Å². The first-order valence-corrected chi connectivity index (χ1v) is 22.2. The second-order valence-electron chi connectivity index (χ2n) is 18.0. The maximum absolute atomic E-state index is 15.2. The number of hydrogen-bond donors (Lipinski definition) is 4. The van der Waals surface area contributed by atoms with Gasteiger partial charge >= 0.3 is 12.0 Å². The molecular weight excluding hydrogens is 809 g/mol. The van der Waals surface area contributed by atoms with E-state index in [1.807, 2.05) is 76.2 Å². The summed E-state index contributed by atoms with van der Waals surface area (Å²) in [4.78, 5) is 106. The minimum Gasteiger partial charge on any atom is -0.458 e. The number of likely N-dealkylation sites (N-methyl/N-ethyl adjacent to an activating group) is 1. The molecule has 9 atom stereocenters. The Morgan fingerprint density at radius 1 is 0.857 bits per heavy atom. The third-order valence-corrected chi connectivity index (χ3v) is 12.4. The fourth-order valence-electron chi connectivity index (χ4n) is 8.98. The van der Waals surface area contributed by atoms with Crippen molar-refractivity contribution < 1.29 is 43.0 Å². The molecule has 0 unspecified atom stereocenters. The second kappa shape index (κ2) is 20.8. The van der Waals surface area contributed by atoms with Gasteiger partial charge in [-0.15, -0.1) is 0 Å². The quantitative estimate of drug-likeness (QED) is 0.257. The lowest BCUT2D eigenvalue weighted by molar-refractivity contribution is -0.163. The molecule has 4 N–H and O–H groups in total.